The third-order valence-electron chi connectivity index (χ3n) is 2.24. The number of rotatable bonds is 2. The number of imidazole rings is 1. The van der Waals surface area contributed by atoms with Gasteiger partial charge in [0.05, 0.1) is 11.7 Å². The van der Waals surface area contributed by atoms with Gasteiger partial charge in [0.1, 0.15) is 12.1 Å². The lowest BCUT2D eigenvalue weighted by molar-refractivity contribution is 0.112. The standard InChI is InChI=1S/C11H12N2O/c1-8(2)11-12-6-10-5-9(7-14)3-4-13(10)11/h3-8H,1-2H3. The number of carbonyl (C=O) groups excluding carboxylic acids is 1. The quantitative estimate of drug-likeness (QED) is 0.677. The highest BCUT2D eigenvalue weighted by atomic mass is 16.1. The van der Waals surface area contributed by atoms with Gasteiger partial charge in [-0.15, -0.1) is 0 Å². The number of fused-ring (bicyclic) bond motifs is 1. The predicted octanol–water partition coefficient (Wildman–Crippen LogP) is 2.27. The van der Waals surface area contributed by atoms with Crippen molar-refractivity contribution in [3.05, 3.63) is 35.9 Å². The molecular formula is C11H12N2O. The maximum atomic E-state index is 10.6. The summed E-state index contributed by atoms with van der Waals surface area (Å²) in [5.74, 6) is 1.41. The number of nitrogens with zero attached hydrogens (tertiary/aromatic N) is 2. The molecule has 0 amide bonds. The lowest BCUT2D eigenvalue weighted by atomic mass is 10.2. The second kappa shape index (κ2) is 3.25. The van der Waals surface area contributed by atoms with Crippen LogP contribution >= 0.6 is 0 Å². The predicted molar refractivity (Wildman–Crippen MR) is 54.7 cm³/mol. The fourth-order valence-electron chi connectivity index (χ4n) is 1.54. The zero-order valence-corrected chi connectivity index (χ0v) is 8.27. The van der Waals surface area contributed by atoms with E-state index in [-0.39, 0.29) is 0 Å². The minimum Gasteiger partial charge on any atom is -0.303 e. The number of pyridine rings is 1. The van der Waals surface area contributed by atoms with E-state index in [9.17, 15) is 4.79 Å². The average Bonchev–Trinajstić information content (AvgIpc) is 2.59. The van der Waals surface area contributed by atoms with Crippen LogP contribution < -0.4 is 0 Å². The molecule has 0 N–H and O–H groups in total. The van der Waals surface area contributed by atoms with Crippen LogP contribution in [0.5, 0.6) is 0 Å². The first kappa shape index (κ1) is 8.94. The summed E-state index contributed by atoms with van der Waals surface area (Å²) in [6.45, 7) is 4.20. The number of aromatic nitrogens is 2. The molecular weight excluding hydrogens is 176 g/mol. The summed E-state index contributed by atoms with van der Waals surface area (Å²) in [5.41, 5.74) is 1.66. The Morgan fingerprint density at radius 1 is 1.50 bits per heavy atom. The van der Waals surface area contributed by atoms with Crippen molar-refractivity contribution in [1.82, 2.24) is 9.38 Å². The normalized spacial score (nSPS) is 11.1. The van der Waals surface area contributed by atoms with Crippen LogP contribution in [0.15, 0.2) is 24.5 Å². The summed E-state index contributed by atoms with van der Waals surface area (Å²) in [5, 5.41) is 0. The third-order valence-corrected chi connectivity index (χ3v) is 2.24. The molecule has 0 fully saturated rings. The molecule has 0 saturated heterocycles. The van der Waals surface area contributed by atoms with Crippen LogP contribution in [0.3, 0.4) is 0 Å². The highest BCUT2D eigenvalue weighted by molar-refractivity contribution is 5.77. The Hall–Kier alpha value is -1.64. The fourth-order valence-corrected chi connectivity index (χ4v) is 1.54. The molecule has 0 radical (unpaired) electrons. The summed E-state index contributed by atoms with van der Waals surface area (Å²) >= 11 is 0. The van der Waals surface area contributed by atoms with E-state index in [0.717, 1.165) is 17.6 Å². The Bertz CT molecular complexity index is 471. The first-order chi connectivity index (χ1) is 6.72. The van der Waals surface area contributed by atoms with Crippen molar-refractivity contribution in [2.24, 2.45) is 0 Å². The van der Waals surface area contributed by atoms with E-state index >= 15 is 0 Å². The minimum atomic E-state index is 0.389. The smallest absolute Gasteiger partial charge is 0.150 e. The summed E-state index contributed by atoms with van der Waals surface area (Å²) in [7, 11) is 0. The molecule has 2 aromatic rings. The Morgan fingerprint density at radius 3 is 2.93 bits per heavy atom. The van der Waals surface area contributed by atoms with Gasteiger partial charge in [-0.3, -0.25) is 4.79 Å². The molecule has 2 aromatic heterocycles. The molecule has 2 heterocycles. The minimum absolute atomic E-state index is 0.389. The molecule has 0 aliphatic heterocycles. The van der Waals surface area contributed by atoms with Crippen LogP contribution in [0, 0.1) is 0 Å². The van der Waals surface area contributed by atoms with Gasteiger partial charge in [-0.05, 0) is 12.1 Å². The molecule has 0 aliphatic carbocycles. The van der Waals surface area contributed by atoms with Gasteiger partial charge in [-0.2, -0.15) is 0 Å². The zero-order valence-electron chi connectivity index (χ0n) is 8.27. The molecule has 0 aromatic carbocycles. The fraction of sp³-hybridized carbons (Fsp3) is 0.273. The maximum Gasteiger partial charge on any atom is 0.150 e. The number of carbonyl (C=O) groups is 1. The van der Waals surface area contributed by atoms with E-state index in [1.54, 1.807) is 12.3 Å². The van der Waals surface area contributed by atoms with Gasteiger partial charge >= 0.3 is 0 Å². The second-order valence-electron chi connectivity index (χ2n) is 3.64. The zero-order chi connectivity index (χ0) is 10.1. The van der Waals surface area contributed by atoms with E-state index in [1.165, 1.54) is 0 Å². The largest absolute Gasteiger partial charge is 0.303 e. The Kier molecular flexibility index (Phi) is 2.08. The summed E-state index contributed by atoms with van der Waals surface area (Å²) < 4.78 is 2.01. The highest BCUT2D eigenvalue weighted by Crippen LogP contribution is 2.15. The molecule has 14 heavy (non-hydrogen) atoms. The number of hydrogen-bond donors (Lipinski definition) is 0. The van der Waals surface area contributed by atoms with E-state index < -0.39 is 0 Å². The lowest BCUT2D eigenvalue weighted by Gasteiger charge is -2.03. The SMILES string of the molecule is CC(C)c1ncc2cc(C=O)ccn12. The van der Waals surface area contributed by atoms with Crippen LogP contribution in [-0.4, -0.2) is 15.7 Å². The topological polar surface area (TPSA) is 34.4 Å². The molecule has 0 bridgehead atoms. The van der Waals surface area contributed by atoms with Crippen LogP contribution in [0.2, 0.25) is 0 Å². The molecule has 0 atom stereocenters. The van der Waals surface area contributed by atoms with Gasteiger partial charge in [-0.1, -0.05) is 13.8 Å². The number of aldehydes is 1. The van der Waals surface area contributed by atoms with Crippen LogP contribution in [-0.2, 0) is 0 Å². The molecule has 0 saturated carbocycles. The Balaban J connectivity index is 2.65. The van der Waals surface area contributed by atoms with Crippen molar-refractivity contribution in [3.63, 3.8) is 0 Å². The van der Waals surface area contributed by atoms with Crippen molar-refractivity contribution >= 4 is 11.8 Å². The molecule has 0 spiro atoms. The molecule has 2 rings (SSSR count). The molecule has 0 aliphatic rings. The maximum absolute atomic E-state index is 10.6. The van der Waals surface area contributed by atoms with E-state index in [2.05, 4.69) is 18.8 Å². The van der Waals surface area contributed by atoms with E-state index in [1.807, 2.05) is 16.7 Å². The Morgan fingerprint density at radius 2 is 2.29 bits per heavy atom. The number of hydrogen-bond acceptors (Lipinski definition) is 2. The Labute approximate surface area is 82.4 Å². The molecule has 72 valence electrons. The van der Waals surface area contributed by atoms with E-state index in [0.29, 0.717) is 11.5 Å². The van der Waals surface area contributed by atoms with Gasteiger partial charge < -0.3 is 4.40 Å². The molecule has 3 heteroatoms. The highest BCUT2D eigenvalue weighted by Gasteiger charge is 2.06. The first-order valence-corrected chi connectivity index (χ1v) is 4.64. The van der Waals surface area contributed by atoms with Gasteiger partial charge in [-0.25, -0.2) is 4.98 Å². The first-order valence-electron chi connectivity index (χ1n) is 4.64. The van der Waals surface area contributed by atoms with Crippen LogP contribution in [0.1, 0.15) is 35.9 Å². The van der Waals surface area contributed by atoms with Crippen molar-refractivity contribution in [3.8, 4) is 0 Å². The van der Waals surface area contributed by atoms with Crippen molar-refractivity contribution < 1.29 is 4.79 Å². The van der Waals surface area contributed by atoms with Crippen LogP contribution in [0.4, 0.5) is 0 Å². The van der Waals surface area contributed by atoms with Crippen molar-refractivity contribution in [1.29, 1.82) is 0 Å². The molecule has 3 nitrogen and oxygen atoms in total. The van der Waals surface area contributed by atoms with Crippen LogP contribution in [0.25, 0.3) is 5.52 Å². The lowest BCUT2D eigenvalue weighted by Crippen LogP contribution is -1.96. The van der Waals surface area contributed by atoms with Gasteiger partial charge in [0.15, 0.2) is 0 Å². The summed E-state index contributed by atoms with van der Waals surface area (Å²) in [6, 6.07) is 3.64. The summed E-state index contributed by atoms with van der Waals surface area (Å²) in [6.07, 6.45) is 4.53. The van der Waals surface area contributed by atoms with Gasteiger partial charge in [0.25, 0.3) is 0 Å². The van der Waals surface area contributed by atoms with Gasteiger partial charge in [0, 0.05) is 17.7 Å². The summed E-state index contributed by atoms with van der Waals surface area (Å²) in [4.78, 5) is 14.9. The third kappa shape index (κ3) is 1.31. The monoisotopic (exact) mass is 188 g/mol. The van der Waals surface area contributed by atoms with Crippen molar-refractivity contribution in [2.45, 2.75) is 19.8 Å². The van der Waals surface area contributed by atoms with E-state index in [4.69, 9.17) is 0 Å². The van der Waals surface area contributed by atoms with Crippen molar-refractivity contribution in [2.75, 3.05) is 0 Å². The molecule has 0 unspecified atom stereocenters. The second-order valence-corrected chi connectivity index (χ2v) is 3.64. The van der Waals surface area contributed by atoms with Gasteiger partial charge in [0.2, 0.25) is 0 Å². The average molecular weight is 188 g/mol.